The summed E-state index contributed by atoms with van der Waals surface area (Å²) >= 11 is 0. The molecule has 1 atom stereocenters. The second kappa shape index (κ2) is 7.13. The van der Waals surface area contributed by atoms with E-state index in [2.05, 4.69) is 61.6 Å². The number of aromatic nitrogens is 2. The molecule has 0 aliphatic rings. The fourth-order valence-electron chi connectivity index (χ4n) is 2.24. The van der Waals surface area contributed by atoms with Crippen molar-refractivity contribution in [3.8, 4) is 0 Å². The first kappa shape index (κ1) is 14.6. The fourth-order valence-corrected chi connectivity index (χ4v) is 2.24. The van der Waals surface area contributed by atoms with E-state index in [9.17, 15) is 0 Å². The Bertz CT molecular complexity index is 502. The number of nitrogens with zero attached hydrogens (tertiary/aromatic N) is 2. The minimum atomic E-state index is 0.492. The molecule has 0 saturated heterocycles. The minimum absolute atomic E-state index is 0.492. The molecule has 108 valence electrons. The van der Waals surface area contributed by atoms with Gasteiger partial charge in [-0.25, -0.2) is 0 Å². The van der Waals surface area contributed by atoms with Gasteiger partial charge in [0, 0.05) is 12.2 Å². The van der Waals surface area contributed by atoms with Crippen LogP contribution < -0.4 is 5.32 Å². The Hall–Kier alpha value is -1.77. The molecule has 2 aromatic rings. The molecule has 3 nitrogen and oxygen atoms in total. The number of hydrogen-bond acceptors (Lipinski definition) is 2. The summed E-state index contributed by atoms with van der Waals surface area (Å²) in [6, 6.07) is 10.9. The molecule has 0 radical (unpaired) electrons. The Labute approximate surface area is 122 Å². The van der Waals surface area contributed by atoms with E-state index in [1.807, 2.05) is 16.9 Å². The molecule has 20 heavy (non-hydrogen) atoms. The molecule has 0 spiro atoms. The highest BCUT2D eigenvalue weighted by molar-refractivity contribution is 5.39. The van der Waals surface area contributed by atoms with Crippen molar-refractivity contribution in [2.24, 2.45) is 5.92 Å². The second-order valence-electron chi connectivity index (χ2n) is 5.93. The molecular formula is C17H25N3. The summed E-state index contributed by atoms with van der Waals surface area (Å²) in [4.78, 5) is 0. The summed E-state index contributed by atoms with van der Waals surface area (Å²) in [5.74, 6) is 0.764. The summed E-state index contributed by atoms with van der Waals surface area (Å²) in [6.07, 6.45) is 6.45. The van der Waals surface area contributed by atoms with Crippen LogP contribution in [0, 0.1) is 5.92 Å². The smallest absolute Gasteiger partial charge is 0.0728 e. The van der Waals surface area contributed by atoms with Gasteiger partial charge in [-0.15, -0.1) is 0 Å². The third-order valence-electron chi connectivity index (χ3n) is 3.41. The van der Waals surface area contributed by atoms with E-state index in [1.165, 1.54) is 18.4 Å². The normalized spacial score (nSPS) is 12.6. The summed E-state index contributed by atoms with van der Waals surface area (Å²) in [5.41, 5.74) is 2.38. The van der Waals surface area contributed by atoms with E-state index in [-0.39, 0.29) is 0 Å². The molecule has 0 aliphatic carbocycles. The lowest BCUT2D eigenvalue weighted by molar-refractivity contribution is 0.527. The zero-order chi connectivity index (χ0) is 14.4. The Kier molecular flexibility index (Phi) is 5.22. The monoisotopic (exact) mass is 271 g/mol. The molecule has 3 heteroatoms. The maximum atomic E-state index is 4.41. The molecule has 1 heterocycles. The van der Waals surface area contributed by atoms with Crippen molar-refractivity contribution in [2.75, 3.05) is 5.32 Å². The van der Waals surface area contributed by atoms with Gasteiger partial charge in [0.05, 0.1) is 18.4 Å². The van der Waals surface area contributed by atoms with Crippen molar-refractivity contribution >= 4 is 5.69 Å². The van der Waals surface area contributed by atoms with Gasteiger partial charge in [0.25, 0.3) is 0 Å². The van der Waals surface area contributed by atoms with Crippen LogP contribution >= 0.6 is 0 Å². The van der Waals surface area contributed by atoms with E-state index < -0.39 is 0 Å². The van der Waals surface area contributed by atoms with Crippen LogP contribution in [0.15, 0.2) is 42.7 Å². The van der Waals surface area contributed by atoms with Gasteiger partial charge in [-0.3, -0.25) is 4.68 Å². The molecule has 2 rings (SSSR count). The standard InChI is InChI=1S/C17H25N3/c1-14(2)9-10-15(3)19-17-11-18-20(13-17)12-16-7-5-4-6-8-16/h4-8,11,13-15,19H,9-10,12H2,1-3H3. The van der Waals surface area contributed by atoms with Crippen molar-refractivity contribution in [3.05, 3.63) is 48.3 Å². The highest BCUT2D eigenvalue weighted by Crippen LogP contribution is 2.13. The van der Waals surface area contributed by atoms with Crippen LogP contribution in [0.25, 0.3) is 0 Å². The number of rotatable bonds is 7. The maximum absolute atomic E-state index is 4.41. The maximum Gasteiger partial charge on any atom is 0.0728 e. The molecule has 1 N–H and O–H groups in total. The van der Waals surface area contributed by atoms with Crippen LogP contribution in [0.1, 0.15) is 39.2 Å². The lowest BCUT2D eigenvalue weighted by Crippen LogP contribution is -2.15. The predicted molar refractivity (Wildman–Crippen MR) is 84.9 cm³/mol. The van der Waals surface area contributed by atoms with Gasteiger partial charge in [-0.05, 0) is 31.2 Å². The quantitative estimate of drug-likeness (QED) is 0.819. The highest BCUT2D eigenvalue weighted by atomic mass is 15.3. The van der Waals surface area contributed by atoms with E-state index in [4.69, 9.17) is 0 Å². The SMILES string of the molecule is CC(C)CCC(C)Nc1cnn(Cc2ccccc2)c1. The third kappa shape index (κ3) is 4.72. The first-order valence-corrected chi connectivity index (χ1v) is 7.46. The van der Waals surface area contributed by atoms with Crippen molar-refractivity contribution in [3.63, 3.8) is 0 Å². The lowest BCUT2D eigenvalue weighted by Gasteiger charge is -2.14. The second-order valence-corrected chi connectivity index (χ2v) is 5.93. The van der Waals surface area contributed by atoms with Crippen LogP contribution in [0.5, 0.6) is 0 Å². The Balaban J connectivity index is 1.86. The lowest BCUT2D eigenvalue weighted by atomic mass is 10.0. The molecule has 0 bridgehead atoms. The fraction of sp³-hybridized carbons (Fsp3) is 0.471. The van der Waals surface area contributed by atoms with Gasteiger partial charge < -0.3 is 5.32 Å². The molecule has 0 saturated carbocycles. The third-order valence-corrected chi connectivity index (χ3v) is 3.41. The average molecular weight is 271 g/mol. The zero-order valence-electron chi connectivity index (χ0n) is 12.7. The topological polar surface area (TPSA) is 29.9 Å². The zero-order valence-corrected chi connectivity index (χ0v) is 12.7. The van der Waals surface area contributed by atoms with E-state index in [1.54, 1.807) is 0 Å². The van der Waals surface area contributed by atoms with Crippen molar-refractivity contribution in [2.45, 2.75) is 46.2 Å². The molecular weight excluding hydrogens is 246 g/mol. The van der Waals surface area contributed by atoms with E-state index >= 15 is 0 Å². The molecule has 1 unspecified atom stereocenters. The van der Waals surface area contributed by atoms with Crippen molar-refractivity contribution < 1.29 is 0 Å². The summed E-state index contributed by atoms with van der Waals surface area (Å²) in [6.45, 7) is 7.59. The van der Waals surface area contributed by atoms with Gasteiger partial charge in [-0.2, -0.15) is 5.10 Å². The predicted octanol–water partition coefficient (Wildman–Crippen LogP) is 4.17. The van der Waals surface area contributed by atoms with Crippen LogP contribution in [-0.4, -0.2) is 15.8 Å². The molecule has 0 fully saturated rings. The van der Waals surface area contributed by atoms with Crippen molar-refractivity contribution in [1.82, 2.24) is 9.78 Å². The molecule has 0 aliphatic heterocycles. The molecule has 1 aromatic heterocycles. The Morgan fingerprint density at radius 3 is 2.55 bits per heavy atom. The Morgan fingerprint density at radius 1 is 1.10 bits per heavy atom. The van der Waals surface area contributed by atoms with Crippen LogP contribution in [0.2, 0.25) is 0 Å². The highest BCUT2D eigenvalue weighted by Gasteiger charge is 2.05. The Morgan fingerprint density at radius 2 is 1.85 bits per heavy atom. The first-order chi connectivity index (χ1) is 9.63. The summed E-state index contributed by atoms with van der Waals surface area (Å²) < 4.78 is 1.98. The van der Waals surface area contributed by atoms with Gasteiger partial charge in [0.2, 0.25) is 0 Å². The first-order valence-electron chi connectivity index (χ1n) is 7.46. The van der Waals surface area contributed by atoms with Gasteiger partial charge in [0.15, 0.2) is 0 Å². The van der Waals surface area contributed by atoms with Crippen LogP contribution in [0.3, 0.4) is 0 Å². The van der Waals surface area contributed by atoms with Crippen molar-refractivity contribution in [1.29, 1.82) is 0 Å². The molecule has 1 aromatic carbocycles. The number of benzene rings is 1. The van der Waals surface area contributed by atoms with Gasteiger partial charge in [-0.1, -0.05) is 44.2 Å². The minimum Gasteiger partial charge on any atom is -0.380 e. The number of hydrogen-bond donors (Lipinski definition) is 1. The summed E-state index contributed by atoms with van der Waals surface area (Å²) in [7, 11) is 0. The average Bonchev–Trinajstić information content (AvgIpc) is 2.85. The number of anilines is 1. The van der Waals surface area contributed by atoms with E-state index in [0.29, 0.717) is 6.04 Å². The van der Waals surface area contributed by atoms with Gasteiger partial charge >= 0.3 is 0 Å². The number of nitrogens with one attached hydrogen (secondary N) is 1. The molecule has 0 amide bonds. The van der Waals surface area contributed by atoms with Crippen LogP contribution in [0.4, 0.5) is 5.69 Å². The largest absolute Gasteiger partial charge is 0.380 e. The van der Waals surface area contributed by atoms with Gasteiger partial charge in [0.1, 0.15) is 0 Å². The van der Waals surface area contributed by atoms with E-state index in [0.717, 1.165) is 18.2 Å². The summed E-state index contributed by atoms with van der Waals surface area (Å²) in [5, 5.41) is 7.93. The van der Waals surface area contributed by atoms with Crippen LogP contribution in [-0.2, 0) is 6.54 Å².